The van der Waals surface area contributed by atoms with Crippen LogP contribution in [0.4, 0.5) is 4.79 Å². The van der Waals surface area contributed by atoms with Crippen LogP contribution in [0.15, 0.2) is 45.7 Å². The second-order valence-corrected chi connectivity index (χ2v) is 8.80. The number of carbonyl (C=O) groups excluding carboxylic acids is 3. The molecule has 2 aliphatic heterocycles. The number of imide groups is 1. The van der Waals surface area contributed by atoms with E-state index in [-0.39, 0.29) is 17.4 Å². The largest absolute Gasteiger partial charge is 0.457 e. The second kappa shape index (κ2) is 8.12. The van der Waals surface area contributed by atoms with Gasteiger partial charge in [-0.1, -0.05) is 12.1 Å². The summed E-state index contributed by atoms with van der Waals surface area (Å²) in [5.74, 6) is 0.547. The molecule has 8 heteroatoms. The maximum atomic E-state index is 12.6. The van der Waals surface area contributed by atoms with Crippen LogP contribution in [0.25, 0.3) is 17.4 Å². The third kappa shape index (κ3) is 4.02. The van der Waals surface area contributed by atoms with Crippen molar-refractivity contribution in [3.63, 3.8) is 0 Å². The van der Waals surface area contributed by atoms with Gasteiger partial charge in [-0.25, -0.2) is 0 Å². The zero-order valence-corrected chi connectivity index (χ0v) is 17.9. The molecule has 2 saturated heterocycles. The summed E-state index contributed by atoms with van der Waals surface area (Å²) in [6, 6.07) is 11.5. The smallest absolute Gasteiger partial charge is 0.294 e. The summed E-state index contributed by atoms with van der Waals surface area (Å²) < 4.78 is 6.93. The van der Waals surface area contributed by atoms with E-state index in [1.165, 1.54) is 0 Å². The molecule has 0 N–H and O–H groups in total. The molecule has 1 aromatic carbocycles. The Labute approximate surface area is 180 Å². The lowest BCUT2D eigenvalue weighted by atomic mass is 10.2. The topological polar surface area (TPSA) is 70.8 Å². The van der Waals surface area contributed by atoms with E-state index in [1.54, 1.807) is 17.0 Å². The van der Waals surface area contributed by atoms with E-state index < -0.39 is 11.1 Å². The molecule has 2 aromatic rings. The Morgan fingerprint density at radius 3 is 2.54 bits per heavy atom. The minimum absolute atomic E-state index is 0.181. The summed E-state index contributed by atoms with van der Waals surface area (Å²) >= 11 is 3.07. The number of thioether (sulfide) groups is 1. The molecule has 144 valence electrons. The molecule has 2 aliphatic rings. The first-order valence-corrected chi connectivity index (χ1v) is 10.8. The molecule has 0 atom stereocenters. The molecule has 0 bridgehead atoms. The van der Waals surface area contributed by atoms with E-state index in [2.05, 4.69) is 22.6 Å². The zero-order valence-electron chi connectivity index (χ0n) is 14.9. The number of halogens is 1. The second-order valence-electron chi connectivity index (χ2n) is 6.56. The van der Waals surface area contributed by atoms with Gasteiger partial charge >= 0.3 is 0 Å². The zero-order chi connectivity index (χ0) is 19.7. The van der Waals surface area contributed by atoms with Gasteiger partial charge in [-0.3, -0.25) is 19.3 Å². The van der Waals surface area contributed by atoms with Crippen molar-refractivity contribution in [1.82, 2.24) is 9.80 Å². The van der Waals surface area contributed by atoms with Crippen LogP contribution in [-0.4, -0.2) is 46.5 Å². The average molecular weight is 508 g/mol. The number of furan rings is 1. The van der Waals surface area contributed by atoms with E-state index in [1.807, 2.05) is 30.3 Å². The number of rotatable bonds is 4. The third-order valence-electron chi connectivity index (χ3n) is 4.65. The van der Waals surface area contributed by atoms with Crippen molar-refractivity contribution in [2.45, 2.75) is 12.8 Å². The van der Waals surface area contributed by atoms with Crippen molar-refractivity contribution in [2.24, 2.45) is 0 Å². The predicted octanol–water partition coefficient (Wildman–Crippen LogP) is 4.21. The van der Waals surface area contributed by atoms with Gasteiger partial charge in [-0.15, -0.1) is 0 Å². The molecule has 0 saturated carbocycles. The van der Waals surface area contributed by atoms with Gasteiger partial charge in [0.05, 0.1) is 4.91 Å². The number of amides is 3. The van der Waals surface area contributed by atoms with Gasteiger partial charge < -0.3 is 9.32 Å². The number of hydrogen-bond acceptors (Lipinski definition) is 5. The summed E-state index contributed by atoms with van der Waals surface area (Å²) in [6.07, 6.45) is 3.49. The van der Waals surface area contributed by atoms with Crippen LogP contribution in [-0.2, 0) is 9.59 Å². The number of hydrogen-bond donors (Lipinski definition) is 0. The Hall–Kier alpha value is -2.07. The van der Waals surface area contributed by atoms with E-state index in [0.717, 1.165) is 38.6 Å². The summed E-state index contributed by atoms with van der Waals surface area (Å²) in [5.41, 5.74) is 0.935. The number of benzene rings is 1. The van der Waals surface area contributed by atoms with Gasteiger partial charge in [0, 0.05) is 28.3 Å². The molecular formula is C20H17IN2O4S. The highest BCUT2D eigenvalue weighted by atomic mass is 127. The van der Waals surface area contributed by atoms with Crippen molar-refractivity contribution in [2.75, 3.05) is 19.6 Å². The van der Waals surface area contributed by atoms with Gasteiger partial charge in [0.15, 0.2) is 0 Å². The van der Waals surface area contributed by atoms with E-state index >= 15 is 0 Å². The number of nitrogens with zero attached hydrogens (tertiary/aromatic N) is 2. The van der Waals surface area contributed by atoms with Crippen LogP contribution in [0.5, 0.6) is 0 Å². The molecule has 4 rings (SSSR count). The van der Waals surface area contributed by atoms with Crippen molar-refractivity contribution in [1.29, 1.82) is 0 Å². The summed E-state index contributed by atoms with van der Waals surface area (Å²) in [7, 11) is 0. The lowest BCUT2D eigenvalue weighted by Crippen LogP contribution is -2.40. The molecule has 6 nitrogen and oxygen atoms in total. The van der Waals surface area contributed by atoms with Crippen molar-refractivity contribution in [3.05, 3.63) is 50.6 Å². The van der Waals surface area contributed by atoms with Crippen LogP contribution in [0.2, 0.25) is 0 Å². The minimum atomic E-state index is -0.449. The molecule has 0 unspecified atom stereocenters. The normalized spacial score (nSPS) is 18.5. The quantitative estimate of drug-likeness (QED) is 0.457. The fraction of sp³-hybridized carbons (Fsp3) is 0.250. The Kier molecular flexibility index (Phi) is 5.58. The summed E-state index contributed by atoms with van der Waals surface area (Å²) in [5, 5.41) is -0.423. The Morgan fingerprint density at radius 1 is 1.11 bits per heavy atom. The summed E-state index contributed by atoms with van der Waals surface area (Å²) in [6.45, 7) is 1.19. The standard InChI is InChI=1S/C20H17IN2O4S/c21-14-5-3-13(4-6-14)16-8-7-15(27-16)11-17-19(25)23(20(26)28-17)12-18(24)22-9-1-2-10-22/h3-8,11H,1-2,9-10,12H2/b17-11-. The molecule has 28 heavy (non-hydrogen) atoms. The Bertz CT molecular complexity index is 961. The Morgan fingerprint density at radius 2 is 1.82 bits per heavy atom. The minimum Gasteiger partial charge on any atom is -0.457 e. The molecule has 3 amide bonds. The average Bonchev–Trinajstić information content (AvgIpc) is 3.41. The first-order chi connectivity index (χ1) is 13.5. The predicted molar refractivity (Wildman–Crippen MR) is 115 cm³/mol. The van der Waals surface area contributed by atoms with Crippen molar-refractivity contribution < 1.29 is 18.8 Å². The Balaban J connectivity index is 1.48. The number of carbonyl (C=O) groups is 3. The maximum Gasteiger partial charge on any atom is 0.294 e. The molecule has 0 spiro atoms. The molecule has 0 aliphatic carbocycles. The molecule has 0 radical (unpaired) electrons. The maximum absolute atomic E-state index is 12.6. The van der Waals surface area contributed by atoms with Crippen LogP contribution >= 0.6 is 34.4 Å². The monoisotopic (exact) mass is 508 g/mol. The van der Waals surface area contributed by atoms with Crippen LogP contribution in [0.1, 0.15) is 18.6 Å². The highest BCUT2D eigenvalue weighted by Gasteiger charge is 2.37. The van der Waals surface area contributed by atoms with E-state index in [4.69, 9.17) is 4.42 Å². The SMILES string of the molecule is O=C(CN1C(=O)S/C(=C\c2ccc(-c3ccc(I)cc3)o2)C1=O)N1CCCC1. The molecular weight excluding hydrogens is 491 g/mol. The highest BCUT2D eigenvalue weighted by Crippen LogP contribution is 2.33. The van der Waals surface area contributed by atoms with Gasteiger partial charge in [0.25, 0.3) is 11.1 Å². The fourth-order valence-corrected chi connectivity index (χ4v) is 4.34. The molecule has 1 aromatic heterocycles. The molecule has 2 fully saturated rings. The highest BCUT2D eigenvalue weighted by molar-refractivity contribution is 14.1. The molecule has 3 heterocycles. The summed E-state index contributed by atoms with van der Waals surface area (Å²) in [4.78, 5) is 40.1. The number of likely N-dealkylation sites (tertiary alicyclic amines) is 1. The first kappa shape index (κ1) is 19.3. The van der Waals surface area contributed by atoms with E-state index in [0.29, 0.717) is 24.6 Å². The fourth-order valence-electron chi connectivity index (χ4n) is 3.17. The first-order valence-electron chi connectivity index (χ1n) is 8.90. The van der Waals surface area contributed by atoms with Gasteiger partial charge in [-0.2, -0.15) is 0 Å². The van der Waals surface area contributed by atoms with Gasteiger partial charge in [0.2, 0.25) is 5.91 Å². The van der Waals surface area contributed by atoms with Crippen LogP contribution in [0.3, 0.4) is 0 Å². The third-order valence-corrected chi connectivity index (χ3v) is 6.28. The van der Waals surface area contributed by atoms with Crippen molar-refractivity contribution in [3.8, 4) is 11.3 Å². The van der Waals surface area contributed by atoms with Gasteiger partial charge in [0.1, 0.15) is 18.1 Å². The van der Waals surface area contributed by atoms with Crippen LogP contribution < -0.4 is 0 Å². The van der Waals surface area contributed by atoms with Crippen LogP contribution in [0, 0.1) is 3.57 Å². The lowest BCUT2D eigenvalue weighted by molar-refractivity contribution is -0.135. The van der Waals surface area contributed by atoms with E-state index in [9.17, 15) is 14.4 Å². The van der Waals surface area contributed by atoms with Gasteiger partial charge in [-0.05, 0) is 71.5 Å². The van der Waals surface area contributed by atoms with Crippen molar-refractivity contribution >= 4 is 57.5 Å². The lowest BCUT2D eigenvalue weighted by Gasteiger charge is -2.18.